The third-order valence-electron chi connectivity index (χ3n) is 3.16. The molecular weight excluding hydrogens is 177 g/mol. The van der Waals surface area contributed by atoms with E-state index in [1.54, 1.807) is 12.1 Å². The van der Waals surface area contributed by atoms with Crippen molar-refractivity contribution in [2.75, 3.05) is 13.6 Å². The quantitative estimate of drug-likeness (QED) is 0.774. The van der Waals surface area contributed by atoms with Crippen LogP contribution in [0.25, 0.3) is 0 Å². The molecule has 0 unspecified atom stereocenters. The highest BCUT2D eigenvalue weighted by Crippen LogP contribution is 2.50. The molecule has 1 aliphatic rings. The van der Waals surface area contributed by atoms with Gasteiger partial charge < -0.3 is 5.32 Å². The Labute approximate surface area is 84.3 Å². The van der Waals surface area contributed by atoms with Crippen LogP contribution in [0.1, 0.15) is 24.8 Å². The summed E-state index contributed by atoms with van der Waals surface area (Å²) in [5, 5.41) is 3.17. The number of hydrogen-bond donors (Lipinski definition) is 1. The van der Waals surface area contributed by atoms with Crippen LogP contribution in [-0.4, -0.2) is 13.6 Å². The lowest BCUT2D eigenvalue weighted by molar-refractivity contribution is 0.583. The van der Waals surface area contributed by atoms with Gasteiger partial charge in [0, 0.05) is 0 Å². The molecule has 2 rings (SSSR count). The number of hydrogen-bond acceptors (Lipinski definition) is 1. The summed E-state index contributed by atoms with van der Waals surface area (Å²) in [6.45, 7) is 1.04. The van der Waals surface area contributed by atoms with Gasteiger partial charge in [0.2, 0.25) is 0 Å². The number of halogens is 1. The zero-order chi connectivity index (χ0) is 10.0. The fourth-order valence-corrected chi connectivity index (χ4v) is 2.00. The van der Waals surface area contributed by atoms with Crippen LogP contribution in [0.3, 0.4) is 0 Å². The van der Waals surface area contributed by atoms with Crippen molar-refractivity contribution in [2.24, 2.45) is 0 Å². The highest BCUT2D eigenvalue weighted by molar-refractivity contribution is 5.31. The van der Waals surface area contributed by atoms with Gasteiger partial charge in [-0.05, 0) is 56.0 Å². The van der Waals surface area contributed by atoms with Crippen LogP contribution in [0.4, 0.5) is 4.39 Å². The standard InChI is InChI=1S/C12H16FN/c1-14-9-8-12(6-7-12)10-2-4-11(13)5-3-10/h2-5,14H,6-9H2,1H3. The Balaban J connectivity index is 2.10. The van der Waals surface area contributed by atoms with Crippen molar-refractivity contribution in [1.82, 2.24) is 5.32 Å². The highest BCUT2D eigenvalue weighted by atomic mass is 19.1. The van der Waals surface area contributed by atoms with Crippen molar-refractivity contribution < 1.29 is 4.39 Å². The first kappa shape index (κ1) is 9.66. The molecule has 14 heavy (non-hydrogen) atoms. The minimum atomic E-state index is -0.141. The fraction of sp³-hybridized carbons (Fsp3) is 0.500. The molecule has 0 saturated heterocycles. The Morgan fingerprint density at radius 3 is 2.43 bits per heavy atom. The third kappa shape index (κ3) is 1.80. The predicted octanol–water partition coefficient (Wildman–Crippen LogP) is 2.47. The van der Waals surface area contributed by atoms with E-state index in [4.69, 9.17) is 0 Å². The van der Waals surface area contributed by atoms with Gasteiger partial charge in [0.25, 0.3) is 0 Å². The lowest BCUT2D eigenvalue weighted by Crippen LogP contribution is -2.16. The summed E-state index contributed by atoms with van der Waals surface area (Å²) in [5.41, 5.74) is 1.66. The molecule has 1 saturated carbocycles. The average molecular weight is 193 g/mol. The molecule has 0 bridgehead atoms. The summed E-state index contributed by atoms with van der Waals surface area (Å²) in [6, 6.07) is 6.99. The molecular formula is C12H16FN. The summed E-state index contributed by atoms with van der Waals surface area (Å²) < 4.78 is 12.7. The van der Waals surface area contributed by atoms with Gasteiger partial charge >= 0.3 is 0 Å². The van der Waals surface area contributed by atoms with E-state index in [0.717, 1.165) is 13.0 Å². The van der Waals surface area contributed by atoms with E-state index in [9.17, 15) is 4.39 Å². The molecule has 0 aliphatic heterocycles. The zero-order valence-corrected chi connectivity index (χ0v) is 8.52. The summed E-state index contributed by atoms with van der Waals surface area (Å²) in [4.78, 5) is 0. The first-order valence-corrected chi connectivity index (χ1v) is 5.17. The van der Waals surface area contributed by atoms with E-state index in [1.807, 2.05) is 19.2 Å². The van der Waals surface area contributed by atoms with Crippen LogP contribution in [0.15, 0.2) is 24.3 Å². The fourth-order valence-electron chi connectivity index (χ4n) is 2.00. The zero-order valence-electron chi connectivity index (χ0n) is 8.52. The van der Waals surface area contributed by atoms with Crippen molar-refractivity contribution in [3.8, 4) is 0 Å². The largest absolute Gasteiger partial charge is 0.320 e. The summed E-state index contributed by atoms with van der Waals surface area (Å²) >= 11 is 0. The number of benzene rings is 1. The Bertz CT molecular complexity index is 301. The molecule has 0 amide bonds. The molecule has 1 fully saturated rings. The van der Waals surface area contributed by atoms with Gasteiger partial charge in [0.15, 0.2) is 0 Å². The topological polar surface area (TPSA) is 12.0 Å². The van der Waals surface area contributed by atoms with Crippen molar-refractivity contribution >= 4 is 0 Å². The summed E-state index contributed by atoms with van der Waals surface area (Å²) in [7, 11) is 1.97. The minimum Gasteiger partial charge on any atom is -0.320 e. The molecule has 0 atom stereocenters. The van der Waals surface area contributed by atoms with Gasteiger partial charge in [-0.3, -0.25) is 0 Å². The van der Waals surface area contributed by atoms with Gasteiger partial charge in [-0.1, -0.05) is 12.1 Å². The molecule has 1 nitrogen and oxygen atoms in total. The monoisotopic (exact) mass is 193 g/mol. The first-order valence-electron chi connectivity index (χ1n) is 5.17. The highest BCUT2D eigenvalue weighted by Gasteiger charge is 2.43. The predicted molar refractivity (Wildman–Crippen MR) is 55.9 cm³/mol. The van der Waals surface area contributed by atoms with Crippen LogP contribution >= 0.6 is 0 Å². The molecule has 1 aliphatic carbocycles. The van der Waals surface area contributed by atoms with E-state index in [-0.39, 0.29) is 5.82 Å². The van der Waals surface area contributed by atoms with Gasteiger partial charge in [-0.2, -0.15) is 0 Å². The van der Waals surface area contributed by atoms with Crippen molar-refractivity contribution in [3.63, 3.8) is 0 Å². The van der Waals surface area contributed by atoms with Crippen LogP contribution in [0.5, 0.6) is 0 Å². The van der Waals surface area contributed by atoms with Crippen LogP contribution in [0.2, 0.25) is 0 Å². The van der Waals surface area contributed by atoms with Gasteiger partial charge in [-0.25, -0.2) is 4.39 Å². The van der Waals surface area contributed by atoms with Gasteiger partial charge in [0.05, 0.1) is 0 Å². The number of nitrogens with one attached hydrogen (secondary N) is 1. The normalized spacial score (nSPS) is 18.1. The second kappa shape index (κ2) is 3.70. The Hall–Kier alpha value is -0.890. The Morgan fingerprint density at radius 1 is 1.29 bits per heavy atom. The van der Waals surface area contributed by atoms with E-state index >= 15 is 0 Å². The number of rotatable bonds is 4. The third-order valence-corrected chi connectivity index (χ3v) is 3.16. The van der Waals surface area contributed by atoms with E-state index in [0.29, 0.717) is 5.41 Å². The molecule has 2 heteroatoms. The van der Waals surface area contributed by atoms with Crippen molar-refractivity contribution in [2.45, 2.75) is 24.7 Å². The smallest absolute Gasteiger partial charge is 0.123 e. The molecule has 0 radical (unpaired) electrons. The maximum Gasteiger partial charge on any atom is 0.123 e. The molecule has 0 aromatic heterocycles. The van der Waals surface area contributed by atoms with Gasteiger partial charge in [-0.15, -0.1) is 0 Å². The molecule has 1 aromatic carbocycles. The first-order chi connectivity index (χ1) is 6.77. The molecule has 76 valence electrons. The lowest BCUT2D eigenvalue weighted by atomic mass is 9.92. The van der Waals surface area contributed by atoms with Crippen LogP contribution < -0.4 is 5.32 Å². The average Bonchev–Trinajstić information content (AvgIpc) is 2.97. The van der Waals surface area contributed by atoms with E-state index in [1.165, 1.54) is 18.4 Å². The SMILES string of the molecule is CNCCC1(c2ccc(F)cc2)CC1. The van der Waals surface area contributed by atoms with Gasteiger partial charge in [0.1, 0.15) is 5.82 Å². The van der Waals surface area contributed by atoms with E-state index in [2.05, 4.69) is 5.32 Å². The maximum atomic E-state index is 12.7. The molecule has 1 N–H and O–H groups in total. The summed E-state index contributed by atoms with van der Waals surface area (Å²) in [6.07, 6.45) is 3.66. The van der Waals surface area contributed by atoms with Crippen LogP contribution in [0, 0.1) is 5.82 Å². The Morgan fingerprint density at radius 2 is 1.93 bits per heavy atom. The van der Waals surface area contributed by atoms with Crippen molar-refractivity contribution in [1.29, 1.82) is 0 Å². The Kier molecular flexibility index (Phi) is 2.55. The lowest BCUT2D eigenvalue weighted by Gasteiger charge is -2.15. The molecule has 0 spiro atoms. The molecule has 0 heterocycles. The van der Waals surface area contributed by atoms with E-state index < -0.39 is 0 Å². The summed E-state index contributed by atoms with van der Waals surface area (Å²) in [5.74, 6) is -0.141. The maximum absolute atomic E-state index is 12.7. The second-order valence-corrected chi connectivity index (χ2v) is 4.14. The van der Waals surface area contributed by atoms with Crippen molar-refractivity contribution in [3.05, 3.63) is 35.6 Å². The minimum absolute atomic E-state index is 0.141. The second-order valence-electron chi connectivity index (χ2n) is 4.14. The molecule has 1 aromatic rings. The van der Waals surface area contributed by atoms with Crippen LogP contribution in [-0.2, 0) is 5.41 Å².